The molecular formula is C20H26O5. The molecule has 3 aliphatic carbocycles. The molecule has 0 amide bonds. The van der Waals surface area contributed by atoms with Crippen LogP contribution >= 0.6 is 0 Å². The summed E-state index contributed by atoms with van der Waals surface area (Å²) in [5, 5.41) is 0. The van der Waals surface area contributed by atoms with E-state index in [1.807, 2.05) is 0 Å². The number of fused-ring (bicyclic) bond motifs is 1. The van der Waals surface area contributed by atoms with Crippen molar-refractivity contribution in [2.24, 2.45) is 29.6 Å². The van der Waals surface area contributed by atoms with Crippen LogP contribution in [0.5, 0.6) is 0 Å². The predicted molar refractivity (Wildman–Crippen MR) is 89.4 cm³/mol. The van der Waals surface area contributed by atoms with Crippen molar-refractivity contribution in [3.63, 3.8) is 0 Å². The Bertz CT molecular complexity index is 624. The highest BCUT2D eigenvalue weighted by Gasteiger charge is 2.63. The van der Waals surface area contributed by atoms with Gasteiger partial charge in [0.2, 0.25) is 0 Å². The molecule has 7 unspecified atom stereocenters. The summed E-state index contributed by atoms with van der Waals surface area (Å²) in [6.07, 6.45) is 5.30. The van der Waals surface area contributed by atoms with E-state index >= 15 is 0 Å². The monoisotopic (exact) mass is 346 g/mol. The standard InChI is InChI=1S/C20H26O5/c1-10(2)16(21)9-11-5-3-4-6-13(11)19(22)24-17-12-7-14-15(8-12)20(23)25-18(14)17/h11-15,17-18H,1,3-9H2,2H3. The largest absolute Gasteiger partial charge is 0.458 e. The fraction of sp³-hybridized carbons (Fsp3) is 0.750. The molecule has 136 valence electrons. The van der Waals surface area contributed by atoms with Crippen molar-refractivity contribution in [3.8, 4) is 0 Å². The summed E-state index contributed by atoms with van der Waals surface area (Å²) in [4.78, 5) is 36.8. The molecule has 0 N–H and O–H groups in total. The van der Waals surface area contributed by atoms with Gasteiger partial charge in [-0.1, -0.05) is 19.4 Å². The van der Waals surface area contributed by atoms with Gasteiger partial charge in [-0.2, -0.15) is 0 Å². The number of esters is 2. The van der Waals surface area contributed by atoms with E-state index < -0.39 is 0 Å². The Morgan fingerprint density at radius 1 is 1.24 bits per heavy atom. The van der Waals surface area contributed by atoms with E-state index in [0.29, 0.717) is 12.0 Å². The second kappa shape index (κ2) is 6.26. The van der Waals surface area contributed by atoms with E-state index in [4.69, 9.17) is 9.47 Å². The Balaban J connectivity index is 1.42. The minimum atomic E-state index is -0.278. The predicted octanol–water partition coefficient (Wildman–Crippen LogP) is 2.82. The van der Waals surface area contributed by atoms with Crippen molar-refractivity contribution in [1.29, 1.82) is 0 Å². The Hall–Kier alpha value is -1.65. The Labute approximate surface area is 148 Å². The normalized spacial score (nSPS) is 41.5. The molecule has 0 aromatic heterocycles. The van der Waals surface area contributed by atoms with Crippen LogP contribution in [0.3, 0.4) is 0 Å². The molecule has 0 aromatic carbocycles. The second-order valence-electron chi connectivity index (χ2n) is 8.36. The van der Waals surface area contributed by atoms with E-state index in [9.17, 15) is 14.4 Å². The minimum absolute atomic E-state index is 0.0283. The molecule has 4 aliphatic rings. The maximum absolute atomic E-state index is 12.9. The van der Waals surface area contributed by atoms with Crippen molar-refractivity contribution < 1.29 is 23.9 Å². The maximum atomic E-state index is 12.9. The van der Waals surface area contributed by atoms with Gasteiger partial charge < -0.3 is 9.47 Å². The molecule has 1 aliphatic heterocycles. The first-order valence-electron chi connectivity index (χ1n) is 9.55. The van der Waals surface area contributed by atoms with Crippen LogP contribution in [-0.4, -0.2) is 29.9 Å². The first-order chi connectivity index (χ1) is 12.0. The average Bonchev–Trinajstić information content (AvgIpc) is 3.20. The van der Waals surface area contributed by atoms with Crippen LogP contribution in [0.4, 0.5) is 0 Å². The van der Waals surface area contributed by atoms with Crippen molar-refractivity contribution >= 4 is 17.7 Å². The van der Waals surface area contributed by atoms with Crippen LogP contribution < -0.4 is 0 Å². The van der Waals surface area contributed by atoms with Gasteiger partial charge in [-0.05, 0) is 44.1 Å². The van der Waals surface area contributed by atoms with E-state index in [2.05, 4.69) is 6.58 Å². The molecule has 2 bridgehead atoms. The highest BCUT2D eigenvalue weighted by Crippen LogP contribution is 2.55. The molecule has 0 radical (unpaired) electrons. The van der Waals surface area contributed by atoms with Gasteiger partial charge in [0.1, 0.15) is 12.2 Å². The lowest BCUT2D eigenvalue weighted by Crippen LogP contribution is -2.39. The molecule has 5 nitrogen and oxygen atoms in total. The number of rotatable bonds is 5. The first-order valence-corrected chi connectivity index (χ1v) is 9.55. The molecule has 4 fully saturated rings. The van der Waals surface area contributed by atoms with Crippen molar-refractivity contribution in [1.82, 2.24) is 0 Å². The third-order valence-electron chi connectivity index (χ3n) is 6.80. The second-order valence-corrected chi connectivity index (χ2v) is 8.36. The number of ketones is 1. The maximum Gasteiger partial charge on any atom is 0.309 e. The highest BCUT2D eigenvalue weighted by atomic mass is 16.6. The Kier molecular flexibility index (Phi) is 4.20. The zero-order valence-electron chi connectivity index (χ0n) is 14.7. The minimum Gasteiger partial charge on any atom is -0.458 e. The van der Waals surface area contributed by atoms with E-state index in [1.165, 1.54) is 0 Å². The molecule has 25 heavy (non-hydrogen) atoms. The fourth-order valence-electron chi connectivity index (χ4n) is 5.46. The summed E-state index contributed by atoms with van der Waals surface area (Å²) >= 11 is 0. The lowest BCUT2D eigenvalue weighted by Gasteiger charge is -2.32. The molecule has 7 atom stereocenters. The van der Waals surface area contributed by atoms with Gasteiger partial charge in [0.25, 0.3) is 0 Å². The summed E-state index contributed by atoms with van der Waals surface area (Å²) in [7, 11) is 0. The summed E-state index contributed by atoms with van der Waals surface area (Å²) < 4.78 is 11.4. The molecule has 0 aromatic rings. The first kappa shape index (κ1) is 16.8. The topological polar surface area (TPSA) is 69.7 Å². The zero-order valence-corrected chi connectivity index (χ0v) is 14.7. The number of carbonyl (C=O) groups is 3. The van der Waals surface area contributed by atoms with Crippen molar-refractivity contribution in [3.05, 3.63) is 12.2 Å². The van der Waals surface area contributed by atoms with Crippen LogP contribution in [0.15, 0.2) is 12.2 Å². The molecule has 0 spiro atoms. The van der Waals surface area contributed by atoms with Gasteiger partial charge >= 0.3 is 11.9 Å². The number of ether oxygens (including phenoxy) is 2. The van der Waals surface area contributed by atoms with Gasteiger partial charge in [0.15, 0.2) is 5.78 Å². The third-order valence-corrected chi connectivity index (χ3v) is 6.80. The zero-order chi connectivity index (χ0) is 17.7. The number of allylic oxidation sites excluding steroid dienone is 1. The SMILES string of the molecule is C=C(C)C(=O)CC1CCCCC1C(=O)OC1C2CC3C(=O)OC1C3C2. The van der Waals surface area contributed by atoms with Gasteiger partial charge in [0.05, 0.1) is 11.8 Å². The summed E-state index contributed by atoms with van der Waals surface area (Å²) in [6, 6.07) is 0. The van der Waals surface area contributed by atoms with Crippen LogP contribution in [-0.2, 0) is 23.9 Å². The van der Waals surface area contributed by atoms with Crippen LogP contribution in [0, 0.1) is 29.6 Å². The van der Waals surface area contributed by atoms with Crippen LogP contribution in [0.2, 0.25) is 0 Å². The summed E-state index contributed by atoms with van der Waals surface area (Å²) in [5.41, 5.74) is 0.551. The molecule has 3 saturated carbocycles. The molecule has 4 rings (SSSR count). The fourth-order valence-corrected chi connectivity index (χ4v) is 5.46. The number of hydrogen-bond acceptors (Lipinski definition) is 5. The van der Waals surface area contributed by atoms with Gasteiger partial charge in [-0.3, -0.25) is 14.4 Å². The average molecular weight is 346 g/mol. The molecule has 1 saturated heterocycles. The van der Waals surface area contributed by atoms with Gasteiger partial charge in [0, 0.05) is 18.3 Å². The quantitative estimate of drug-likeness (QED) is 0.565. The summed E-state index contributed by atoms with van der Waals surface area (Å²) in [5.74, 6) is 0.0802. The highest BCUT2D eigenvalue weighted by molar-refractivity contribution is 5.94. The summed E-state index contributed by atoms with van der Waals surface area (Å²) in [6.45, 7) is 5.44. The number of Topliss-reactive ketones (excluding diaryl/α,β-unsaturated/α-hetero) is 1. The molecular weight excluding hydrogens is 320 g/mol. The van der Waals surface area contributed by atoms with Crippen molar-refractivity contribution in [2.75, 3.05) is 0 Å². The van der Waals surface area contributed by atoms with Gasteiger partial charge in [-0.15, -0.1) is 0 Å². The van der Waals surface area contributed by atoms with Crippen LogP contribution in [0.1, 0.15) is 51.9 Å². The van der Waals surface area contributed by atoms with E-state index in [0.717, 1.165) is 38.5 Å². The third kappa shape index (κ3) is 2.81. The van der Waals surface area contributed by atoms with Crippen molar-refractivity contribution in [2.45, 2.75) is 64.1 Å². The smallest absolute Gasteiger partial charge is 0.309 e. The van der Waals surface area contributed by atoms with Crippen LogP contribution in [0.25, 0.3) is 0 Å². The van der Waals surface area contributed by atoms with E-state index in [1.54, 1.807) is 6.92 Å². The lowest BCUT2D eigenvalue weighted by molar-refractivity contribution is -0.168. The number of hydrogen-bond donors (Lipinski definition) is 0. The Morgan fingerprint density at radius 3 is 2.76 bits per heavy atom. The lowest BCUT2D eigenvalue weighted by atomic mass is 9.76. The van der Waals surface area contributed by atoms with Gasteiger partial charge in [-0.25, -0.2) is 0 Å². The molecule has 5 heteroatoms. The number of carbonyl (C=O) groups excluding carboxylic acids is 3. The Morgan fingerprint density at radius 2 is 2.00 bits per heavy atom. The van der Waals surface area contributed by atoms with E-state index in [-0.39, 0.29) is 59.5 Å². The molecule has 1 heterocycles.